The van der Waals surface area contributed by atoms with Crippen LogP contribution in [0.15, 0.2) is 68.8 Å². The summed E-state index contributed by atoms with van der Waals surface area (Å²) in [5.41, 5.74) is 6.32. The van der Waals surface area contributed by atoms with Crippen molar-refractivity contribution < 1.29 is 14.0 Å². The van der Waals surface area contributed by atoms with Crippen LogP contribution in [0.25, 0.3) is 0 Å². The molecule has 0 radical (unpaired) electrons. The van der Waals surface area contributed by atoms with Gasteiger partial charge in [0.05, 0.1) is 23.7 Å². The maximum Gasteiger partial charge on any atom is 0.291 e. The van der Waals surface area contributed by atoms with Gasteiger partial charge >= 0.3 is 0 Å². The van der Waals surface area contributed by atoms with E-state index in [-0.39, 0.29) is 11.3 Å². The zero-order chi connectivity index (χ0) is 20.1. The fourth-order valence-corrected chi connectivity index (χ4v) is 2.84. The Morgan fingerprint density at radius 3 is 2.57 bits per heavy atom. The molecule has 1 aromatic heterocycles. The number of nitrogens with one attached hydrogen (secondary N) is 2. The maximum absolute atomic E-state index is 12.6. The van der Waals surface area contributed by atoms with Crippen molar-refractivity contribution in [1.29, 1.82) is 0 Å². The van der Waals surface area contributed by atoms with Crippen molar-refractivity contribution in [1.82, 2.24) is 5.43 Å². The first-order valence-electron chi connectivity index (χ1n) is 8.49. The minimum atomic E-state index is -0.448. The van der Waals surface area contributed by atoms with Crippen molar-refractivity contribution in [3.8, 4) is 0 Å². The van der Waals surface area contributed by atoms with E-state index in [4.69, 9.17) is 4.42 Å². The highest BCUT2D eigenvalue weighted by Gasteiger charge is 2.16. The first-order chi connectivity index (χ1) is 13.4. The van der Waals surface area contributed by atoms with Gasteiger partial charge in [0.2, 0.25) is 0 Å². The Hall–Kier alpha value is -3.19. The van der Waals surface area contributed by atoms with Crippen LogP contribution >= 0.6 is 15.9 Å². The average molecular weight is 440 g/mol. The average Bonchev–Trinajstić information content (AvgIpc) is 3.21. The van der Waals surface area contributed by atoms with E-state index in [1.54, 1.807) is 36.5 Å². The number of aryl methyl sites for hydroxylation is 2. The normalized spacial score (nSPS) is 10.8. The lowest BCUT2D eigenvalue weighted by Gasteiger charge is -2.10. The molecule has 2 amide bonds. The smallest absolute Gasteiger partial charge is 0.291 e. The number of furan rings is 1. The van der Waals surface area contributed by atoms with Gasteiger partial charge in [-0.3, -0.25) is 9.59 Å². The van der Waals surface area contributed by atoms with Gasteiger partial charge in [-0.05, 0) is 60.9 Å². The lowest BCUT2D eigenvalue weighted by molar-refractivity contribution is 0.0956. The Balaban J connectivity index is 1.75. The van der Waals surface area contributed by atoms with E-state index in [9.17, 15) is 9.59 Å². The van der Waals surface area contributed by atoms with Crippen LogP contribution in [0.4, 0.5) is 5.69 Å². The highest BCUT2D eigenvalue weighted by molar-refractivity contribution is 9.10. The topological polar surface area (TPSA) is 83.7 Å². The van der Waals surface area contributed by atoms with Crippen molar-refractivity contribution in [2.45, 2.75) is 13.8 Å². The Labute approximate surface area is 170 Å². The minimum absolute atomic E-state index is 0.155. The molecule has 2 N–H and O–H groups in total. The third-order valence-electron chi connectivity index (χ3n) is 4.13. The van der Waals surface area contributed by atoms with Gasteiger partial charge in [-0.25, -0.2) is 5.43 Å². The molecule has 28 heavy (non-hydrogen) atoms. The zero-order valence-corrected chi connectivity index (χ0v) is 16.9. The number of nitrogens with zero attached hydrogens (tertiary/aromatic N) is 1. The van der Waals surface area contributed by atoms with E-state index in [1.165, 1.54) is 11.8 Å². The minimum Gasteiger partial charge on any atom is -0.459 e. The number of hydrazone groups is 1. The van der Waals surface area contributed by atoms with E-state index in [1.807, 2.05) is 32.0 Å². The van der Waals surface area contributed by atoms with E-state index in [2.05, 4.69) is 31.8 Å². The Bertz CT molecular complexity index is 1040. The summed E-state index contributed by atoms with van der Waals surface area (Å²) in [7, 11) is 0. The molecule has 0 saturated carbocycles. The van der Waals surface area contributed by atoms with Crippen LogP contribution in [0.2, 0.25) is 0 Å². The maximum atomic E-state index is 12.6. The molecule has 3 rings (SSSR count). The quantitative estimate of drug-likeness (QED) is 0.447. The van der Waals surface area contributed by atoms with Crippen molar-refractivity contribution >= 4 is 39.6 Å². The number of hydrogen-bond acceptors (Lipinski definition) is 4. The van der Waals surface area contributed by atoms with Gasteiger partial charge in [-0.15, -0.1) is 0 Å². The molecule has 6 nitrogen and oxygen atoms in total. The third-order valence-corrected chi connectivity index (χ3v) is 4.62. The van der Waals surface area contributed by atoms with Gasteiger partial charge in [-0.2, -0.15) is 5.10 Å². The molecule has 0 unspecified atom stereocenters. The molecule has 0 aliphatic carbocycles. The second-order valence-corrected chi connectivity index (χ2v) is 7.08. The van der Waals surface area contributed by atoms with Crippen LogP contribution < -0.4 is 10.7 Å². The monoisotopic (exact) mass is 439 g/mol. The van der Waals surface area contributed by atoms with Crippen LogP contribution in [0, 0.1) is 13.8 Å². The van der Waals surface area contributed by atoms with Crippen molar-refractivity contribution in [2.24, 2.45) is 5.10 Å². The standard InChI is InChI=1S/C21H18BrN3O3/c1-13-5-6-15(10-14(13)2)12-23-25-20(26)17-11-16(22)7-8-18(17)24-21(27)19-4-3-9-28-19/h3-12H,1-2H3,(H,24,27)(H,25,26). The third kappa shape index (κ3) is 4.75. The lowest BCUT2D eigenvalue weighted by atomic mass is 10.1. The van der Waals surface area contributed by atoms with E-state index >= 15 is 0 Å². The van der Waals surface area contributed by atoms with Gasteiger partial charge in [0.15, 0.2) is 5.76 Å². The summed E-state index contributed by atoms with van der Waals surface area (Å²) in [6.07, 6.45) is 2.98. The molecule has 0 aliphatic heterocycles. The predicted octanol–water partition coefficient (Wildman–Crippen LogP) is 4.68. The molecule has 0 saturated heterocycles. The Morgan fingerprint density at radius 1 is 1.04 bits per heavy atom. The summed E-state index contributed by atoms with van der Waals surface area (Å²) in [5, 5.41) is 6.69. The van der Waals surface area contributed by atoms with Crippen LogP contribution in [0.1, 0.15) is 37.6 Å². The summed E-state index contributed by atoms with van der Waals surface area (Å²) in [4.78, 5) is 24.8. The molecule has 2 aromatic carbocycles. The van der Waals surface area contributed by atoms with Gasteiger partial charge in [0, 0.05) is 4.47 Å². The fourth-order valence-electron chi connectivity index (χ4n) is 2.48. The summed E-state index contributed by atoms with van der Waals surface area (Å²) in [5.74, 6) is -0.738. The summed E-state index contributed by atoms with van der Waals surface area (Å²) in [6, 6.07) is 14.0. The van der Waals surface area contributed by atoms with Gasteiger partial charge in [-0.1, -0.05) is 34.1 Å². The van der Waals surface area contributed by atoms with Crippen LogP contribution in [0.5, 0.6) is 0 Å². The molecule has 0 atom stereocenters. The summed E-state index contributed by atoms with van der Waals surface area (Å²) < 4.78 is 5.78. The zero-order valence-electron chi connectivity index (χ0n) is 15.3. The molecular formula is C21H18BrN3O3. The molecule has 7 heteroatoms. The number of benzene rings is 2. The number of hydrogen-bond donors (Lipinski definition) is 2. The Morgan fingerprint density at radius 2 is 1.86 bits per heavy atom. The number of carbonyl (C=O) groups is 2. The Kier molecular flexibility index (Phi) is 6.06. The number of halogens is 1. The van der Waals surface area contributed by atoms with Crippen molar-refractivity contribution in [3.05, 3.63) is 87.3 Å². The first-order valence-corrected chi connectivity index (χ1v) is 9.28. The summed E-state index contributed by atoms with van der Waals surface area (Å²) >= 11 is 3.34. The fraction of sp³-hybridized carbons (Fsp3) is 0.0952. The van der Waals surface area contributed by atoms with Gasteiger partial charge in [0.1, 0.15) is 0 Å². The highest BCUT2D eigenvalue weighted by atomic mass is 79.9. The van der Waals surface area contributed by atoms with Crippen molar-refractivity contribution in [3.63, 3.8) is 0 Å². The lowest BCUT2D eigenvalue weighted by Crippen LogP contribution is -2.21. The van der Waals surface area contributed by atoms with E-state index in [0.717, 1.165) is 11.1 Å². The molecule has 0 spiro atoms. The van der Waals surface area contributed by atoms with Gasteiger partial charge < -0.3 is 9.73 Å². The van der Waals surface area contributed by atoms with Crippen LogP contribution in [0.3, 0.4) is 0 Å². The number of carbonyl (C=O) groups excluding carboxylic acids is 2. The second-order valence-electron chi connectivity index (χ2n) is 6.16. The molecule has 0 aliphatic rings. The number of rotatable bonds is 5. The summed E-state index contributed by atoms with van der Waals surface area (Å²) in [6.45, 7) is 4.05. The predicted molar refractivity (Wildman–Crippen MR) is 112 cm³/mol. The number of amides is 2. The molecule has 0 bridgehead atoms. The van der Waals surface area contributed by atoms with Crippen LogP contribution in [-0.4, -0.2) is 18.0 Å². The first kappa shape index (κ1) is 19.6. The van der Waals surface area contributed by atoms with Crippen LogP contribution in [-0.2, 0) is 0 Å². The second kappa shape index (κ2) is 8.67. The molecule has 0 fully saturated rings. The van der Waals surface area contributed by atoms with E-state index < -0.39 is 11.8 Å². The van der Waals surface area contributed by atoms with Crippen molar-refractivity contribution in [2.75, 3.05) is 5.32 Å². The van der Waals surface area contributed by atoms with E-state index in [0.29, 0.717) is 10.2 Å². The molecule has 142 valence electrons. The largest absolute Gasteiger partial charge is 0.459 e. The highest BCUT2D eigenvalue weighted by Crippen LogP contribution is 2.22. The SMILES string of the molecule is Cc1ccc(C=NNC(=O)c2cc(Br)ccc2NC(=O)c2ccco2)cc1C. The molecule has 3 aromatic rings. The molecule has 1 heterocycles. The molecular weight excluding hydrogens is 422 g/mol. The van der Waals surface area contributed by atoms with Gasteiger partial charge in [0.25, 0.3) is 11.8 Å². The number of anilines is 1.